The van der Waals surface area contributed by atoms with Crippen LogP contribution < -0.4 is 10.0 Å². The molecule has 0 unspecified atom stereocenters. The van der Waals surface area contributed by atoms with Crippen LogP contribution in [0.1, 0.15) is 12.5 Å². The minimum absolute atomic E-state index is 0.155. The molecule has 0 saturated heterocycles. The Labute approximate surface area is 167 Å². The van der Waals surface area contributed by atoms with Crippen molar-refractivity contribution in [2.75, 3.05) is 5.32 Å². The second-order valence-corrected chi connectivity index (χ2v) is 8.24. The minimum atomic E-state index is -3.65. The third-order valence-electron chi connectivity index (χ3n) is 4.46. The summed E-state index contributed by atoms with van der Waals surface area (Å²) in [4.78, 5) is 17.0. The molecule has 0 saturated carbocycles. The topological polar surface area (TPSA) is 118 Å². The zero-order valence-electron chi connectivity index (χ0n) is 15.7. The highest BCUT2D eigenvalue weighted by Crippen LogP contribution is 2.23. The van der Waals surface area contributed by atoms with E-state index in [4.69, 9.17) is 0 Å². The second-order valence-electron chi connectivity index (χ2n) is 6.59. The summed E-state index contributed by atoms with van der Waals surface area (Å²) < 4.78 is 28.5. The Bertz CT molecular complexity index is 1230. The zero-order valence-corrected chi connectivity index (χ0v) is 16.5. The van der Waals surface area contributed by atoms with Crippen LogP contribution in [0.2, 0.25) is 0 Å². The number of rotatable bonds is 4. The molecule has 148 valence electrons. The van der Waals surface area contributed by atoms with E-state index in [2.05, 4.69) is 25.2 Å². The molecule has 29 heavy (non-hydrogen) atoms. The van der Waals surface area contributed by atoms with E-state index in [0.717, 1.165) is 5.56 Å². The molecule has 9 nitrogen and oxygen atoms in total. The van der Waals surface area contributed by atoms with E-state index < -0.39 is 16.1 Å². The fraction of sp³-hybridized carbons (Fsp3) is 0.158. The summed E-state index contributed by atoms with van der Waals surface area (Å²) >= 11 is 0. The number of carbonyl (C=O) groups is 1. The number of aryl methyl sites for hydroxylation is 1. The van der Waals surface area contributed by atoms with Gasteiger partial charge in [-0.3, -0.25) is 14.5 Å². The summed E-state index contributed by atoms with van der Waals surface area (Å²) in [5.74, 6) is 0.471. The smallest absolute Gasteiger partial charge is 0.263 e. The molecule has 1 atom stereocenters. The molecule has 2 aromatic carbocycles. The maximum absolute atomic E-state index is 12.6. The van der Waals surface area contributed by atoms with Crippen molar-refractivity contribution in [2.45, 2.75) is 17.9 Å². The van der Waals surface area contributed by atoms with Gasteiger partial charge in [-0.1, -0.05) is 24.3 Å². The fourth-order valence-electron chi connectivity index (χ4n) is 3.01. The van der Waals surface area contributed by atoms with Gasteiger partial charge < -0.3 is 9.88 Å². The Hall–Kier alpha value is -3.53. The minimum Gasteiger partial charge on any atom is -0.324 e. The number of hydrogen-bond acceptors (Lipinski definition) is 6. The number of carbonyl (C=O) groups excluding carboxylic acids is 1. The average molecular weight is 410 g/mol. The third-order valence-corrected chi connectivity index (χ3v) is 5.86. The summed E-state index contributed by atoms with van der Waals surface area (Å²) in [5.41, 5.74) is 1.84. The summed E-state index contributed by atoms with van der Waals surface area (Å²) in [6.45, 7) is 1.60. The van der Waals surface area contributed by atoms with Crippen molar-refractivity contribution >= 4 is 27.5 Å². The number of aliphatic imine (C=N–C) groups is 1. The van der Waals surface area contributed by atoms with Crippen LogP contribution in [0.5, 0.6) is 0 Å². The number of fused-ring (bicyclic) bond motifs is 1. The number of amidine groups is 1. The number of nitrogens with zero attached hydrogens (tertiary/aromatic N) is 4. The van der Waals surface area contributed by atoms with Crippen LogP contribution in [0, 0.1) is 0 Å². The predicted octanol–water partition coefficient (Wildman–Crippen LogP) is 1.55. The second kappa shape index (κ2) is 7.13. The van der Waals surface area contributed by atoms with Gasteiger partial charge in [0, 0.05) is 23.9 Å². The van der Waals surface area contributed by atoms with Crippen LogP contribution in [0.4, 0.5) is 5.69 Å². The van der Waals surface area contributed by atoms with Crippen molar-refractivity contribution in [3.05, 3.63) is 60.4 Å². The van der Waals surface area contributed by atoms with Crippen LogP contribution in [0.15, 0.2) is 64.7 Å². The Morgan fingerprint density at radius 3 is 2.76 bits per heavy atom. The highest BCUT2D eigenvalue weighted by atomic mass is 32.2. The van der Waals surface area contributed by atoms with Gasteiger partial charge in [0.25, 0.3) is 10.0 Å². The molecule has 3 aromatic rings. The lowest BCUT2D eigenvalue weighted by Gasteiger charge is -2.11. The summed E-state index contributed by atoms with van der Waals surface area (Å²) in [7, 11) is -1.81. The molecule has 2 heterocycles. The SMILES string of the molecule is C[C@H](N=C1NS(=O)(=O)c2ccccc21)C(=O)Nc1cccc(-c2nncn2C)c1. The molecule has 0 bridgehead atoms. The fourth-order valence-corrected chi connectivity index (χ4v) is 4.25. The van der Waals surface area contributed by atoms with E-state index in [1.54, 1.807) is 54.2 Å². The lowest BCUT2D eigenvalue weighted by atomic mass is 10.1. The van der Waals surface area contributed by atoms with Crippen LogP contribution in [-0.2, 0) is 21.9 Å². The first-order valence-electron chi connectivity index (χ1n) is 8.80. The van der Waals surface area contributed by atoms with Crippen molar-refractivity contribution in [1.29, 1.82) is 0 Å². The molecule has 10 heteroatoms. The van der Waals surface area contributed by atoms with E-state index in [9.17, 15) is 13.2 Å². The van der Waals surface area contributed by atoms with E-state index in [0.29, 0.717) is 17.1 Å². The number of sulfonamides is 1. The molecule has 1 aliphatic heterocycles. The first-order valence-corrected chi connectivity index (χ1v) is 10.3. The van der Waals surface area contributed by atoms with Crippen molar-refractivity contribution in [1.82, 2.24) is 19.5 Å². The summed E-state index contributed by atoms with van der Waals surface area (Å²) in [6, 6.07) is 12.9. The first kappa shape index (κ1) is 18.8. The molecule has 4 rings (SSSR count). The monoisotopic (exact) mass is 410 g/mol. The number of aromatic nitrogens is 3. The highest BCUT2D eigenvalue weighted by Gasteiger charge is 2.31. The predicted molar refractivity (Wildman–Crippen MR) is 108 cm³/mol. The molecule has 0 fully saturated rings. The van der Waals surface area contributed by atoms with Gasteiger partial charge in [-0.25, -0.2) is 8.42 Å². The molecular formula is C19H18N6O3S. The maximum atomic E-state index is 12.6. The number of anilines is 1. The van der Waals surface area contributed by atoms with Gasteiger partial charge in [-0.2, -0.15) is 0 Å². The van der Waals surface area contributed by atoms with Crippen molar-refractivity contribution < 1.29 is 13.2 Å². The van der Waals surface area contributed by atoms with Gasteiger partial charge in [-0.15, -0.1) is 10.2 Å². The number of hydrogen-bond donors (Lipinski definition) is 2. The van der Waals surface area contributed by atoms with E-state index in [1.165, 1.54) is 6.07 Å². The van der Waals surface area contributed by atoms with Crippen molar-refractivity contribution in [3.63, 3.8) is 0 Å². The van der Waals surface area contributed by atoms with Crippen molar-refractivity contribution in [3.8, 4) is 11.4 Å². The molecule has 0 spiro atoms. The normalized spacial score (nSPS) is 16.8. The highest BCUT2D eigenvalue weighted by molar-refractivity contribution is 7.90. The Balaban J connectivity index is 1.54. The first-order chi connectivity index (χ1) is 13.8. The van der Waals surface area contributed by atoms with Gasteiger partial charge in [0.05, 0.1) is 4.90 Å². The molecule has 1 aromatic heterocycles. The standard InChI is InChI=1S/C19H18N6O3S/c1-12(21-17-15-8-3-4-9-16(15)29(27,28)24-17)19(26)22-14-7-5-6-13(10-14)18-23-20-11-25(18)2/h3-12H,1-2H3,(H,21,24)(H,22,26)/t12-/m0/s1. The Kier molecular flexibility index (Phi) is 4.63. The number of benzene rings is 2. The van der Waals surface area contributed by atoms with Gasteiger partial charge in [0.1, 0.15) is 18.2 Å². The summed E-state index contributed by atoms with van der Waals surface area (Å²) in [5, 5.41) is 10.7. The largest absolute Gasteiger partial charge is 0.324 e. The van der Waals surface area contributed by atoms with Crippen LogP contribution in [-0.4, -0.2) is 41.0 Å². The molecule has 1 amide bonds. The lowest BCUT2D eigenvalue weighted by Crippen LogP contribution is -2.28. The molecular weight excluding hydrogens is 392 g/mol. The van der Waals surface area contributed by atoms with Crippen LogP contribution >= 0.6 is 0 Å². The number of amides is 1. The van der Waals surface area contributed by atoms with Gasteiger partial charge in [-0.05, 0) is 31.2 Å². The molecule has 1 aliphatic rings. The van der Waals surface area contributed by atoms with E-state index in [1.807, 2.05) is 13.1 Å². The third kappa shape index (κ3) is 3.61. The Morgan fingerprint density at radius 1 is 1.21 bits per heavy atom. The average Bonchev–Trinajstić information content (AvgIpc) is 3.23. The van der Waals surface area contributed by atoms with Gasteiger partial charge >= 0.3 is 0 Å². The quantitative estimate of drug-likeness (QED) is 0.676. The van der Waals surface area contributed by atoms with Gasteiger partial charge in [0.15, 0.2) is 5.82 Å². The number of nitrogens with one attached hydrogen (secondary N) is 2. The van der Waals surface area contributed by atoms with Crippen LogP contribution in [0.3, 0.4) is 0 Å². The lowest BCUT2D eigenvalue weighted by molar-refractivity contribution is -0.117. The van der Waals surface area contributed by atoms with Gasteiger partial charge in [0.2, 0.25) is 5.91 Å². The van der Waals surface area contributed by atoms with E-state index in [-0.39, 0.29) is 16.6 Å². The molecule has 0 radical (unpaired) electrons. The van der Waals surface area contributed by atoms with Crippen molar-refractivity contribution in [2.24, 2.45) is 12.0 Å². The molecule has 2 N–H and O–H groups in total. The zero-order chi connectivity index (χ0) is 20.6. The summed E-state index contributed by atoms with van der Waals surface area (Å²) in [6.07, 6.45) is 1.60. The van der Waals surface area contributed by atoms with E-state index >= 15 is 0 Å². The molecule has 0 aliphatic carbocycles. The Morgan fingerprint density at radius 2 is 2.00 bits per heavy atom. The van der Waals surface area contributed by atoms with Crippen LogP contribution in [0.25, 0.3) is 11.4 Å². The maximum Gasteiger partial charge on any atom is 0.263 e.